The quantitative estimate of drug-likeness (QED) is 0.143. The molecule has 2 aromatic rings. The number of hydrogen-bond acceptors (Lipinski definition) is 15. The maximum atomic E-state index is 14.0. The summed E-state index contributed by atoms with van der Waals surface area (Å²) in [6, 6.07) is 4.37. The van der Waals surface area contributed by atoms with Crippen LogP contribution in [0.25, 0.3) is 0 Å². The zero-order valence-corrected chi connectivity index (χ0v) is 29.6. The van der Waals surface area contributed by atoms with Crippen LogP contribution in [0.1, 0.15) is 68.8 Å². The Morgan fingerprint density at radius 3 is 2.64 bits per heavy atom. The Kier molecular flexibility index (Phi) is 9.86. The molecule has 0 spiro atoms. The fourth-order valence-electron chi connectivity index (χ4n) is 7.96. The number of fused-ring (bicyclic) bond motifs is 6. The van der Waals surface area contributed by atoms with Gasteiger partial charge in [0, 0.05) is 67.9 Å². The average Bonchev–Trinajstić information content (AvgIpc) is 3.49. The molecule has 3 saturated heterocycles. The van der Waals surface area contributed by atoms with Crippen LogP contribution in [0.2, 0.25) is 0 Å². The Morgan fingerprint density at radius 1 is 1.12 bits per heavy atom. The number of carbonyl (C=O) groups excluding carboxylic acids is 3. The summed E-state index contributed by atoms with van der Waals surface area (Å²) in [7, 11) is 6.00. The van der Waals surface area contributed by atoms with Crippen molar-refractivity contribution < 1.29 is 58.1 Å². The van der Waals surface area contributed by atoms with Gasteiger partial charge in [-0.1, -0.05) is 33.7 Å². The maximum absolute atomic E-state index is 14.0. The highest BCUT2D eigenvalue weighted by Crippen LogP contribution is 2.53. The van der Waals surface area contributed by atoms with E-state index in [0.717, 1.165) is 0 Å². The van der Waals surface area contributed by atoms with Gasteiger partial charge in [-0.15, -0.1) is 0 Å². The lowest BCUT2D eigenvalue weighted by Gasteiger charge is -2.43. The number of carbonyl (C=O) groups is 3. The standard InChI is InChI=1S/C34H40N2O12S2/c1-15-30-18(36-9-10-45-32(44-3)31(36)48-30)12-21(46-15)47-20-14-34(42,33(41)35-8-11-50-49-4)13-17-23(20)29(40)25-24(27(17)38)26(37)16-6-5-7-19(43-2)22(16)28(25)39/h5-7,15,18,20-21,30-32,38,40,42H,8-14H2,1-4H3,(H,35,41)/t15-,18-,20-,21-,30+,31+,32-,34-/m0/s1. The van der Waals surface area contributed by atoms with Gasteiger partial charge in [0.15, 0.2) is 24.6 Å². The number of amides is 1. The molecular formula is C34H40N2O12S2. The number of nitrogens with zero attached hydrogens (tertiary/aromatic N) is 1. The highest BCUT2D eigenvalue weighted by molar-refractivity contribution is 8.76. The molecule has 3 fully saturated rings. The molecule has 0 radical (unpaired) electrons. The number of morpholine rings is 1. The predicted octanol–water partition coefficient (Wildman–Crippen LogP) is 2.28. The lowest BCUT2D eigenvalue weighted by molar-refractivity contribution is -0.256. The molecule has 1 amide bonds. The molecular weight excluding hydrogens is 693 g/mol. The summed E-state index contributed by atoms with van der Waals surface area (Å²) in [5.41, 5.74) is -3.03. The van der Waals surface area contributed by atoms with E-state index in [1.165, 1.54) is 19.2 Å². The number of methoxy groups -OCH3 is 2. The minimum Gasteiger partial charge on any atom is -0.507 e. The first-order valence-corrected chi connectivity index (χ1v) is 19.2. The van der Waals surface area contributed by atoms with Crippen molar-refractivity contribution in [3.05, 3.63) is 51.6 Å². The number of phenols is 2. The lowest BCUT2D eigenvalue weighted by atomic mass is 9.72. The van der Waals surface area contributed by atoms with E-state index in [2.05, 4.69) is 10.2 Å². The first-order valence-electron chi connectivity index (χ1n) is 16.4. The van der Waals surface area contributed by atoms with Crippen LogP contribution in [-0.2, 0) is 34.9 Å². The predicted molar refractivity (Wildman–Crippen MR) is 181 cm³/mol. The number of rotatable bonds is 9. The van der Waals surface area contributed by atoms with E-state index in [4.69, 9.17) is 28.4 Å². The van der Waals surface area contributed by atoms with Gasteiger partial charge >= 0.3 is 0 Å². The molecule has 270 valence electrons. The molecule has 14 nitrogen and oxygen atoms in total. The van der Waals surface area contributed by atoms with Crippen LogP contribution in [0, 0.1) is 0 Å². The lowest BCUT2D eigenvalue weighted by Crippen LogP contribution is -2.55. The van der Waals surface area contributed by atoms with Gasteiger partial charge in [0.1, 0.15) is 29.0 Å². The average molecular weight is 733 g/mol. The SMILES string of the molecule is COc1cccc2c1C(=O)c1c(O)c3c(c(O)c1C2=O)C[C@@](O)(C(=O)NCCSSC)C[C@@H]3O[C@H]1C[C@H]2[C@H](O[C@@H]3[C@@H](OC)OCCN32)[C@H](C)O1. The van der Waals surface area contributed by atoms with Gasteiger partial charge in [0.05, 0.1) is 42.6 Å². The second-order valence-electron chi connectivity index (χ2n) is 12.9. The van der Waals surface area contributed by atoms with Crippen molar-refractivity contribution in [3.63, 3.8) is 0 Å². The highest BCUT2D eigenvalue weighted by atomic mass is 33.1. The van der Waals surface area contributed by atoms with E-state index >= 15 is 0 Å². The minimum absolute atomic E-state index is 0.000839. The molecule has 3 aliphatic heterocycles. The fraction of sp³-hybridized carbons (Fsp3) is 0.559. The topological polar surface area (TPSA) is 183 Å². The van der Waals surface area contributed by atoms with Gasteiger partial charge in [0.2, 0.25) is 5.78 Å². The summed E-state index contributed by atoms with van der Waals surface area (Å²) in [6.07, 6.45) is -2.48. The highest BCUT2D eigenvalue weighted by Gasteiger charge is 2.55. The van der Waals surface area contributed by atoms with Crippen LogP contribution < -0.4 is 10.1 Å². The van der Waals surface area contributed by atoms with Crippen molar-refractivity contribution in [1.82, 2.24) is 10.2 Å². The molecule has 5 aliphatic rings. The summed E-state index contributed by atoms with van der Waals surface area (Å²) in [6.45, 7) is 3.16. The van der Waals surface area contributed by atoms with E-state index in [1.54, 1.807) is 34.8 Å². The van der Waals surface area contributed by atoms with Gasteiger partial charge in [-0.25, -0.2) is 0 Å². The van der Waals surface area contributed by atoms with Crippen molar-refractivity contribution >= 4 is 39.1 Å². The number of nitrogens with one attached hydrogen (secondary N) is 1. The van der Waals surface area contributed by atoms with Crippen molar-refractivity contribution in [2.45, 2.75) is 74.9 Å². The van der Waals surface area contributed by atoms with Gasteiger partial charge in [-0.05, 0) is 19.2 Å². The Morgan fingerprint density at radius 2 is 1.90 bits per heavy atom. The normalized spacial score (nSPS) is 31.7. The smallest absolute Gasteiger partial charge is 0.252 e. The van der Waals surface area contributed by atoms with Gasteiger partial charge in [0.25, 0.3) is 5.91 Å². The maximum Gasteiger partial charge on any atom is 0.252 e. The van der Waals surface area contributed by atoms with E-state index in [0.29, 0.717) is 25.3 Å². The third-order valence-electron chi connectivity index (χ3n) is 10.2. The molecule has 0 aromatic heterocycles. The molecule has 2 aromatic carbocycles. The van der Waals surface area contributed by atoms with Gasteiger partial charge < -0.3 is 49.1 Å². The van der Waals surface area contributed by atoms with Gasteiger partial charge in [-0.2, -0.15) is 0 Å². The Bertz CT molecular complexity index is 1710. The second-order valence-corrected chi connectivity index (χ2v) is 15.6. The Balaban J connectivity index is 1.27. The number of ether oxygens (including phenoxy) is 6. The monoisotopic (exact) mass is 732 g/mol. The zero-order valence-electron chi connectivity index (χ0n) is 28.0. The molecule has 2 aliphatic carbocycles. The minimum atomic E-state index is -2.11. The van der Waals surface area contributed by atoms with Crippen molar-refractivity contribution in [2.24, 2.45) is 0 Å². The zero-order chi connectivity index (χ0) is 35.5. The summed E-state index contributed by atoms with van der Waals surface area (Å²) in [5, 5.41) is 38.4. The van der Waals surface area contributed by atoms with Crippen molar-refractivity contribution in [3.8, 4) is 17.2 Å². The number of hydrogen-bond donors (Lipinski definition) is 4. The summed E-state index contributed by atoms with van der Waals surface area (Å²) < 4.78 is 35.8. The van der Waals surface area contributed by atoms with E-state index < -0.39 is 83.1 Å². The molecule has 0 saturated carbocycles. The first kappa shape index (κ1) is 35.5. The number of aliphatic hydroxyl groups is 1. The number of benzene rings is 2. The largest absolute Gasteiger partial charge is 0.507 e. The number of ketones is 2. The van der Waals surface area contributed by atoms with Crippen molar-refractivity contribution in [1.29, 1.82) is 0 Å². The van der Waals surface area contributed by atoms with Crippen LogP contribution in [0.4, 0.5) is 0 Å². The van der Waals surface area contributed by atoms with E-state index in [-0.39, 0.29) is 53.1 Å². The fourth-order valence-corrected chi connectivity index (χ4v) is 9.06. The van der Waals surface area contributed by atoms with E-state index in [1.807, 2.05) is 13.2 Å². The van der Waals surface area contributed by atoms with Crippen LogP contribution in [0.5, 0.6) is 17.2 Å². The molecule has 16 heteroatoms. The second kappa shape index (κ2) is 13.9. The molecule has 50 heavy (non-hydrogen) atoms. The first-order chi connectivity index (χ1) is 24.0. The Hall–Kier alpha value is -2.93. The van der Waals surface area contributed by atoms with Crippen LogP contribution >= 0.6 is 21.6 Å². The van der Waals surface area contributed by atoms with Crippen LogP contribution in [0.3, 0.4) is 0 Å². The molecule has 7 rings (SSSR count). The molecule has 8 atom stereocenters. The third kappa shape index (κ3) is 5.78. The summed E-state index contributed by atoms with van der Waals surface area (Å²) in [5.74, 6) is -2.59. The number of phenolic OH excluding ortho intramolecular Hbond substituents is 2. The molecule has 0 unspecified atom stereocenters. The van der Waals surface area contributed by atoms with Crippen LogP contribution in [-0.4, -0.2) is 126 Å². The van der Waals surface area contributed by atoms with Gasteiger partial charge in [-0.3, -0.25) is 19.3 Å². The summed E-state index contributed by atoms with van der Waals surface area (Å²) in [4.78, 5) is 43.6. The summed E-state index contributed by atoms with van der Waals surface area (Å²) >= 11 is 0. The van der Waals surface area contributed by atoms with Crippen molar-refractivity contribution in [2.75, 3.05) is 45.9 Å². The number of aromatic hydroxyl groups is 2. The molecule has 4 N–H and O–H groups in total. The molecule has 0 bridgehead atoms. The third-order valence-corrected chi connectivity index (χ3v) is 12.0. The Labute approximate surface area is 296 Å². The van der Waals surface area contributed by atoms with E-state index in [9.17, 15) is 29.7 Å². The van der Waals surface area contributed by atoms with Crippen LogP contribution in [0.15, 0.2) is 18.2 Å². The molecule has 3 heterocycles.